The predicted molar refractivity (Wildman–Crippen MR) is 59.1 cm³/mol. The van der Waals surface area contributed by atoms with E-state index in [1.54, 1.807) is 0 Å². The first-order valence-corrected chi connectivity index (χ1v) is 5.62. The van der Waals surface area contributed by atoms with Crippen LogP contribution in [0.2, 0.25) is 0 Å². The molecule has 1 unspecified atom stereocenters. The van der Waals surface area contributed by atoms with Crippen molar-refractivity contribution < 1.29 is 5.11 Å². The molecule has 0 saturated carbocycles. The molecule has 1 rings (SSSR count). The molecule has 84 valence electrons. The summed E-state index contributed by atoms with van der Waals surface area (Å²) in [5.41, 5.74) is 6.39. The lowest BCUT2D eigenvalue weighted by molar-refractivity contribution is 0.122. The number of piperidine rings is 1. The van der Waals surface area contributed by atoms with E-state index in [9.17, 15) is 0 Å². The van der Waals surface area contributed by atoms with Gasteiger partial charge < -0.3 is 15.7 Å². The van der Waals surface area contributed by atoms with Gasteiger partial charge in [0.2, 0.25) is 0 Å². The SMILES string of the molecule is CC1(C)CCN(CC(N)CCO)CC1. The summed E-state index contributed by atoms with van der Waals surface area (Å²) in [6.07, 6.45) is 3.25. The fourth-order valence-electron chi connectivity index (χ4n) is 1.93. The van der Waals surface area contributed by atoms with Crippen LogP contribution in [0.3, 0.4) is 0 Å². The van der Waals surface area contributed by atoms with Crippen molar-refractivity contribution in [2.24, 2.45) is 11.1 Å². The van der Waals surface area contributed by atoms with Gasteiger partial charge >= 0.3 is 0 Å². The topological polar surface area (TPSA) is 49.5 Å². The molecule has 3 nitrogen and oxygen atoms in total. The van der Waals surface area contributed by atoms with Crippen molar-refractivity contribution in [2.45, 2.75) is 39.2 Å². The van der Waals surface area contributed by atoms with Gasteiger partial charge in [-0.2, -0.15) is 0 Å². The van der Waals surface area contributed by atoms with E-state index >= 15 is 0 Å². The first-order chi connectivity index (χ1) is 6.53. The Labute approximate surface area is 87.3 Å². The van der Waals surface area contributed by atoms with Gasteiger partial charge in [-0.25, -0.2) is 0 Å². The third-order valence-electron chi connectivity index (χ3n) is 3.20. The van der Waals surface area contributed by atoms with E-state index < -0.39 is 0 Å². The zero-order valence-corrected chi connectivity index (χ0v) is 9.50. The number of likely N-dealkylation sites (tertiary alicyclic amines) is 1. The van der Waals surface area contributed by atoms with Crippen LogP contribution in [0.25, 0.3) is 0 Å². The third kappa shape index (κ3) is 3.95. The normalized spacial score (nSPS) is 24.9. The summed E-state index contributed by atoms with van der Waals surface area (Å²) in [5, 5.41) is 8.75. The predicted octanol–water partition coefficient (Wildman–Crippen LogP) is 0.818. The van der Waals surface area contributed by atoms with E-state index in [2.05, 4.69) is 18.7 Å². The molecule has 0 amide bonds. The average molecular weight is 200 g/mol. The molecular weight excluding hydrogens is 176 g/mol. The second-order valence-electron chi connectivity index (χ2n) is 5.24. The van der Waals surface area contributed by atoms with Gasteiger partial charge in [-0.15, -0.1) is 0 Å². The Morgan fingerprint density at radius 1 is 1.36 bits per heavy atom. The minimum absolute atomic E-state index is 0.140. The van der Waals surface area contributed by atoms with Crippen LogP contribution >= 0.6 is 0 Å². The van der Waals surface area contributed by atoms with Crippen LogP contribution < -0.4 is 5.73 Å². The van der Waals surface area contributed by atoms with Crippen LogP contribution in [0.4, 0.5) is 0 Å². The number of nitrogens with zero attached hydrogens (tertiary/aromatic N) is 1. The highest BCUT2D eigenvalue weighted by Crippen LogP contribution is 2.29. The zero-order chi connectivity index (χ0) is 10.6. The van der Waals surface area contributed by atoms with Crippen molar-refractivity contribution in [3.63, 3.8) is 0 Å². The molecule has 0 bridgehead atoms. The summed E-state index contributed by atoms with van der Waals surface area (Å²) in [7, 11) is 0. The van der Waals surface area contributed by atoms with Gasteiger partial charge in [0.1, 0.15) is 0 Å². The summed E-state index contributed by atoms with van der Waals surface area (Å²) in [5.74, 6) is 0. The van der Waals surface area contributed by atoms with E-state index in [4.69, 9.17) is 10.8 Å². The van der Waals surface area contributed by atoms with Crippen molar-refractivity contribution in [3.05, 3.63) is 0 Å². The van der Waals surface area contributed by atoms with Gasteiger partial charge in [0.15, 0.2) is 0 Å². The summed E-state index contributed by atoms with van der Waals surface area (Å²) in [6.45, 7) is 8.13. The van der Waals surface area contributed by atoms with Crippen molar-refractivity contribution in [2.75, 3.05) is 26.2 Å². The smallest absolute Gasteiger partial charge is 0.0446 e. The molecule has 0 aliphatic carbocycles. The number of aliphatic hydroxyl groups excluding tert-OH is 1. The lowest BCUT2D eigenvalue weighted by Crippen LogP contribution is -2.44. The summed E-state index contributed by atoms with van der Waals surface area (Å²) < 4.78 is 0. The molecule has 0 aromatic carbocycles. The maximum Gasteiger partial charge on any atom is 0.0446 e. The fourth-order valence-corrected chi connectivity index (χ4v) is 1.93. The van der Waals surface area contributed by atoms with Gasteiger partial charge in [-0.1, -0.05) is 13.8 Å². The molecule has 1 aliphatic heterocycles. The molecule has 0 radical (unpaired) electrons. The van der Waals surface area contributed by atoms with Gasteiger partial charge in [-0.3, -0.25) is 0 Å². The molecular formula is C11H24N2O. The van der Waals surface area contributed by atoms with E-state index in [-0.39, 0.29) is 12.6 Å². The van der Waals surface area contributed by atoms with Crippen LogP contribution in [0.1, 0.15) is 33.1 Å². The minimum Gasteiger partial charge on any atom is -0.396 e. The Balaban J connectivity index is 2.22. The lowest BCUT2D eigenvalue weighted by atomic mass is 9.82. The van der Waals surface area contributed by atoms with Crippen LogP contribution in [0.5, 0.6) is 0 Å². The van der Waals surface area contributed by atoms with Gasteiger partial charge in [0, 0.05) is 19.2 Å². The second kappa shape index (κ2) is 5.10. The number of aliphatic hydroxyl groups is 1. The molecule has 3 N–H and O–H groups in total. The number of rotatable bonds is 4. The second-order valence-corrected chi connectivity index (χ2v) is 5.24. The van der Waals surface area contributed by atoms with Crippen LogP contribution in [-0.4, -0.2) is 42.3 Å². The molecule has 1 atom stereocenters. The number of hydrogen-bond acceptors (Lipinski definition) is 3. The standard InChI is InChI=1S/C11H24N2O/c1-11(2)4-6-13(7-5-11)9-10(12)3-8-14/h10,14H,3-9,12H2,1-2H3. The van der Waals surface area contributed by atoms with Gasteiger partial charge in [0.05, 0.1) is 0 Å². The Hall–Kier alpha value is -0.120. The van der Waals surface area contributed by atoms with Crippen LogP contribution in [-0.2, 0) is 0 Å². The monoisotopic (exact) mass is 200 g/mol. The highest BCUT2D eigenvalue weighted by atomic mass is 16.3. The Morgan fingerprint density at radius 3 is 2.43 bits per heavy atom. The maximum absolute atomic E-state index is 8.75. The van der Waals surface area contributed by atoms with Gasteiger partial charge in [0.25, 0.3) is 0 Å². The van der Waals surface area contributed by atoms with E-state index in [0.29, 0.717) is 5.41 Å². The first kappa shape index (κ1) is 12.0. The molecule has 14 heavy (non-hydrogen) atoms. The molecule has 1 heterocycles. The Kier molecular flexibility index (Phi) is 4.35. The first-order valence-electron chi connectivity index (χ1n) is 5.62. The highest BCUT2D eigenvalue weighted by molar-refractivity contribution is 4.80. The summed E-state index contributed by atoms with van der Waals surface area (Å²) >= 11 is 0. The molecule has 1 saturated heterocycles. The van der Waals surface area contributed by atoms with Crippen molar-refractivity contribution >= 4 is 0 Å². The van der Waals surface area contributed by atoms with Crippen molar-refractivity contribution in [1.29, 1.82) is 0 Å². The van der Waals surface area contributed by atoms with E-state index in [1.807, 2.05) is 0 Å². The van der Waals surface area contributed by atoms with Crippen LogP contribution in [0, 0.1) is 5.41 Å². The van der Waals surface area contributed by atoms with Crippen molar-refractivity contribution in [3.8, 4) is 0 Å². The van der Waals surface area contributed by atoms with E-state index in [0.717, 1.165) is 26.1 Å². The van der Waals surface area contributed by atoms with E-state index in [1.165, 1.54) is 12.8 Å². The molecule has 1 aliphatic rings. The molecule has 3 heteroatoms. The maximum atomic E-state index is 8.75. The molecule has 1 fully saturated rings. The Bertz CT molecular complexity index is 161. The van der Waals surface area contributed by atoms with Gasteiger partial charge in [-0.05, 0) is 37.8 Å². The summed E-state index contributed by atoms with van der Waals surface area (Å²) in [4.78, 5) is 2.42. The summed E-state index contributed by atoms with van der Waals surface area (Å²) in [6, 6.07) is 0.140. The Morgan fingerprint density at radius 2 is 1.93 bits per heavy atom. The molecule has 0 aromatic rings. The highest BCUT2D eigenvalue weighted by Gasteiger charge is 2.25. The number of nitrogens with two attached hydrogens (primary N) is 1. The molecule has 0 aromatic heterocycles. The largest absolute Gasteiger partial charge is 0.396 e. The average Bonchev–Trinajstić information content (AvgIpc) is 2.09. The van der Waals surface area contributed by atoms with Crippen molar-refractivity contribution in [1.82, 2.24) is 4.90 Å². The fraction of sp³-hybridized carbons (Fsp3) is 1.00. The van der Waals surface area contributed by atoms with Crippen LogP contribution in [0.15, 0.2) is 0 Å². The lowest BCUT2D eigenvalue weighted by Gasteiger charge is -2.37. The quantitative estimate of drug-likeness (QED) is 0.706. The minimum atomic E-state index is 0.140. The third-order valence-corrected chi connectivity index (χ3v) is 3.20. The molecule has 0 spiro atoms. The number of hydrogen-bond donors (Lipinski definition) is 2. The zero-order valence-electron chi connectivity index (χ0n) is 9.50.